The quantitative estimate of drug-likeness (QED) is 0.618. The van der Waals surface area contributed by atoms with E-state index in [2.05, 4.69) is 10.6 Å². The normalized spacial score (nSPS) is 14.9. The first kappa shape index (κ1) is 16.0. The Morgan fingerprint density at radius 3 is 2.45 bits per heavy atom. The van der Waals surface area contributed by atoms with Crippen molar-refractivity contribution in [3.05, 3.63) is 35.9 Å². The first-order valence-corrected chi connectivity index (χ1v) is 6.35. The van der Waals surface area contributed by atoms with Crippen molar-refractivity contribution in [3.8, 4) is 0 Å². The average Bonchev–Trinajstić information content (AvgIpc) is 2.37. The molecular weight excluding hydrogens is 260 g/mol. The topological polar surface area (TPSA) is 98.7 Å². The smallest absolute Gasteiger partial charge is 0.337 e. The fourth-order valence-electron chi connectivity index (χ4n) is 1.62. The minimum atomic E-state index is -1.97. The Balaban J connectivity index is 2.37. The van der Waals surface area contributed by atoms with E-state index in [-0.39, 0.29) is 12.6 Å². The third kappa shape index (κ3) is 5.27. The summed E-state index contributed by atoms with van der Waals surface area (Å²) >= 11 is 0. The van der Waals surface area contributed by atoms with Crippen LogP contribution in [0.3, 0.4) is 0 Å². The summed E-state index contributed by atoms with van der Waals surface area (Å²) in [5.74, 6) is -1.38. The first-order chi connectivity index (χ1) is 9.31. The van der Waals surface area contributed by atoms with Crippen molar-refractivity contribution in [1.29, 1.82) is 0 Å². The molecule has 1 rings (SSSR count). The number of carbonyl (C=O) groups is 2. The summed E-state index contributed by atoms with van der Waals surface area (Å²) in [4.78, 5) is 22.3. The number of urea groups is 1. The van der Waals surface area contributed by atoms with Crippen LogP contribution in [0.1, 0.15) is 19.4 Å². The van der Waals surface area contributed by atoms with Crippen molar-refractivity contribution in [2.75, 3.05) is 6.54 Å². The molecule has 0 spiro atoms. The zero-order valence-corrected chi connectivity index (χ0v) is 11.6. The van der Waals surface area contributed by atoms with Gasteiger partial charge in [0, 0.05) is 6.04 Å². The molecule has 110 valence electrons. The minimum absolute atomic E-state index is 0.104. The number of amides is 2. The largest absolute Gasteiger partial charge is 0.479 e. The number of carboxylic acid groups (broad SMARTS) is 1. The lowest BCUT2D eigenvalue weighted by Gasteiger charge is -2.20. The number of hydrogen-bond acceptors (Lipinski definition) is 3. The summed E-state index contributed by atoms with van der Waals surface area (Å²) in [6.45, 7) is 2.62. The van der Waals surface area contributed by atoms with Gasteiger partial charge in [0.25, 0.3) is 0 Å². The van der Waals surface area contributed by atoms with E-state index < -0.39 is 17.6 Å². The zero-order valence-electron chi connectivity index (χ0n) is 11.6. The van der Waals surface area contributed by atoms with Crippen molar-refractivity contribution in [1.82, 2.24) is 10.6 Å². The number of carboxylic acids is 1. The summed E-state index contributed by atoms with van der Waals surface area (Å²) in [7, 11) is 0. The molecule has 2 unspecified atom stereocenters. The van der Waals surface area contributed by atoms with E-state index in [9.17, 15) is 14.7 Å². The third-order valence-electron chi connectivity index (χ3n) is 2.82. The monoisotopic (exact) mass is 280 g/mol. The summed E-state index contributed by atoms with van der Waals surface area (Å²) in [6, 6.07) is 9.08. The van der Waals surface area contributed by atoms with Crippen LogP contribution in [0.15, 0.2) is 30.3 Å². The maximum absolute atomic E-state index is 11.6. The molecule has 6 heteroatoms. The number of benzene rings is 1. The molecule has 0 aliphatic heterocycles. The Labute approximate surface area is 117 Å². The highest BCUT2D eigenvalue weighted by atomic mass is 16.4. The van der Waals surface area contributed by atoms with E-state index in [0.717, 1.165) is 12.5 Å². The van der Waals surface area contributed by atoms with Crippen molar-refractivity contribution < 1.29 is 19.8 Å². The number of nitrogens with one attached hydrogen (secondary N) is 2. The number of aliphatic hydroxyl groups is 1. The van der Waals surface area contributed by atoms with Crippen molar-refractivity contribution >= 4 is 12.0 Å². The molecule has 0 bridgehead atoms. The number of rotatable bonds is 6. The maximum atomic E-state index is 11.6. The summed E-state index contributed by atoms with van der Waals surface area (Å²) in [5.41, 5.74) is -0.877. The molecule has 1 aromatic carbocycles. The molecular formula is C14H20N2O4. The first-order valence-electron chi connectivity index (χ1n) is 6.35. The summed E-state index contributed by atoms with van der Waals surface area (Å²) in [5, 5.41) is 23.2. The van der Waals surface area contributed by atoms with Crippen LogP contribution in [-0.2, 0) is 11.2 Å². The molecule has 2 atom stereocenters. The number of carbonyl (C=O) groups excluding carboxylic acids is 1. The van der Waals surface area contributed by atoms with Crippen LogP contribution >= 0.6 is 0 Å². The molecule has 0 aliphatic rings. The maximum Gasteiger partial charge on any atom is 0.337 e. The fourth-order valence-corrected chi connectivity index (χ4v) is 1.62. The van der Waals surface area contributed by atoms with Crippen LogP contribution < -0.4 is 10.6 Å². The van der Waals surface area contributed by atoms with E-state index in [1.54, 1.807) is 0 Å². The van der Waals surface area contributed by atoms with E-state index >= 15 is 0 Å². The molecule has 0 aliphatic carbocycles. The third-order valence-corrected chi connectivity index (χ3v) is 2.82. The fraction of sp³-hybridized carbons (Fsp3) is 0.429. The van der Waals surface area contributed by atoms with Crippen molar-refractivity contribution in [3.63, 3.8) is 0 Å². The Hall–Kier alpha value is -2.08. The van der Waals surface area contributed by atoms with Gasteiger partial charge in [-0.2, -0.15) is 0 Å². The van der Waals surface area contributed by atoms with Gasteiger partial charge >= 0.3 is 12.0 Å². The molecule has 2 amide bonds. The van der Waals surface area contributed by atoms with Crippen molar-refractivity contribution in [2.24, 2.45) is 0 Å². The van der Waals surface area contributed by atoms with Gasteiger partial charge in [-0.25, -0.2) is 9.59 Å². The predicted molar refractivity (Wildman–Crippen MR) is 74.4 cm³/mol. The molecule has 0 fully saturated rings. The standard InChI is InChI=1S/C14H20N2O4/c1-10(8-11-6-4-3-5-7-11)16-13(19)15-9-14(2,20)12(17)18/h3-7,10,20H,8-9H2,1-2H3,(H,17,18)(H2,15,16,19). The number of hydrogen-bond donors (Lipinski definition) is 4. The van der Waals surface area contributed by atoms with E-state index in [4.69, 9.17) is 5.11 Å². The second-order valence-corrected chi connectivity index (χ2v) is 5.00. The van der Waals surface area contributed by atoms with Crippen LogP contribution in [0, 0.1) is 0 Å². The van der Waals surface area contributed by atoms with Crippen LogP contribution in [0.2, 0.25) is 0 Å². The Bertz CT molecular complexity index is 460. The molecule has 0 heterocycles. The van der Waals surface area contributed by atoms with Crippen LogP contribution in [-0.4, -0.2) is 40.4 Å². The van der Waals surface area contributed by atoms with Gasteiger partial charge in [-0.3, -0.25) is 0 Å². The van der Waals surface area contributed by atoms with Gasteiger partial charge in [-0.1, -0.05) is 30.3 Å². The lowest BCUT2D eigenvalue weighted by atomic mass is 10.1. The molecule has 0 saturated heterocycles. The summed E-state index contributed by atoms with van der Waals surface area (Å²) < 4.78 is 0. The molecule has 0 aromatic heterocycles. The highest BCUT2D eigenvalue weighted by Gasteiger charge is 2.30. The van der Waals surface area contributed by atoms with Gasteiger partial charge in [-0.05, 0) is 25.8 Å². The highest BCUT2D eigenvalue weighted by molar-refractivity contribution is 5.79. The average molecular weight is 280 g/mol. The second kappa shape index (κ2) is 6.91. The molecule has 1 aromatic rings. The van der Waals surface area contributed by atoms with Crippen LogP contribution in [0.25, 0.3) is 0 Å². The van der Waals surface area contributed by atoms with Gasteiger partial charge in [0.1, 0.15) is 0 Å². The van der Waals surface area contributed by atoms with E-state index in [1.165, 1.54) is 0 Å². The molecule has 6 nitrogen and oxygen atoms in total. The van der Waals surface area contributed by atoms with E-state index in [0.29, 0.717) is 6.42 Å². The van der Waals surface area contributed by atoms with Gasteiger partial charge in [0.2, 0.25) is 0 Å². The number of aliphatic carboxylic acids is 1. The Morgan fingerprint density at radius 1 is 1.30 bits per heavy atom. The lowest BCUT2D eigenvalue weighted by Crippen LogP contribution is -2.50. The SMILES string of the molecule is CC(Cc1ccccc1)NC(=O)NCC(C)(O)C(=O)O. The van der Waals surface area contributed by atoms with Crippen LogP contribution in [0.5, 0.6) is 0 Å². The van der Waals surface area contributed by atoms with Gasteiger partial charge in [0.15, 0.2) is 5.60 Å². The highest BCUT2D eigenvalue weighted by Crippen LogP contribution is 2.03. The van der Waals surface area contributed by atoms with Gasteiger partial charge in [0.05, 0.1) is 6.54 Å². The minimum Gasteiger partial charge on any atom is -0.479 e. The summed E-state index contributed by atoms with van der Waals surface area (Å²) in [6.07, 6.45) is 0.670. The van der Waals surface area contributed by atoms with Gasteiger partial charge < -0.3 is 20.8 Å². The van der Waals surface area contributed by atoms with E-state index in [1.807, 2.05) is 37.3 Å². The molecule has 4 N–H and O–H groups in total. The molecule has 20 heavy (non-hydrogen) atoms. The second-order valence-electron chi connectivity index (χ2n) is 5.00. The Kier molecular flexibility index (Phi) is 5.52. The lowest BCUT2D eigenvalue weighted by molar-refractivity contribution is -0.155. The molecule has 0 radical (unpaired) electrons. The zero-order chi connectivity index (χ0) is 15.2. The van der Waals surface area contributed by atoms with Crippen LogP contribution in [0.4, 0.5) is 4.79 Å². The van der Waals surface area contributed by atoms with Gasteiger partial charge in [-0.15, -0.1) is 0 Å². The Morgan fingerprint density at radius 2 is 1.90 bits per heavy atom. The van der Waals surface area contributed by atoms with Crippen molar-refractivity contribution in [2.45, 2.75) is 31.9 Å². The molecule has 0 saturated carbocycles. The predicted octanol–water partition coefficient (Wildman–Crippen LogP) is 0.752.